The van der Waals surface area contributed by atoms with Crippen molar-refractivity contribution in [2.75, 3.05) is 0 Å². The summed E-state index contributed by atoms with van der Waals surface area (Å²) in [7, 11) is 0. The molecule has 4 N–H and O–H groups in total. The quantitative estimate of drug-likeness (QED) is 0.451. The zero-order valence-electron chi connectivity index (χ0n) is 8.14. The molecule has 2 aromatic heterocycles. The molecule has 0 spiro atoms. The predicted octanol–water partition coefficient (Wildman–Crippen LogP) is 0.581. The van der Waals surface area contributed by atoms with Gasteiger partial charge in [0, 0.05) is 12.1 Å². The van der Waals surface area contributed by atoms with Crippen LogP contribution in [-0.2, 0) is 0 Å². The zero-order chi connectivity index (χ0) is 12.7. The first-order chi connectivity index (χ1) is 7.91. The van der Waals surface area contributed by atoms with Gasteiger partial charge in [0.1, 0.15) is 0 Å². The second kappa shape index (κ2) is 3.93. The van der Waals surface area contributed by atoms with E-state index in [9.17, 15) is 20.4 Å². The van der Waals surface area contributed by atoms with Gasteiger partial charge in [-0.2, -0.15) is 0 Å². The second-order valence-corrected chi connectivity index (χ2v) is 4.06. The standard InChI is InChI=1S/C8H8N2O5S2/c11-5-1-3(16)7(13)9(5)15-10-6(12)2-4(17)8(10)14/h1-2,11-14,16-17H. The van der Waals surface area contributed by atoms with Crippen molar-refractivity contribution in [1.82, 2.24) is 9.46 Å². The highest BCUT2D eigenvalue weighted by Crippen LogP contribution is 2.32. The molecule has 0 amide bonds. The Morgan fingerprint density at radius 2 is 1.18 bits per heavy atom. The maximum Gasteiger partial charge on any atom is 0.246 e. The van der Waals surface area contributed by atoms with Crippen molar-refractivity contribution in [1.29, 1.82) is 0 Å². The lowest BCUT2D eigenvalue weighted by molar-refractivity contribution is -0.0101. The molecule has 7 nitrogen and oxygen atoms in total. The normalized spacial score (nSPS) is 10.7. The molecule has 0 saturated heterocycles. The number of aromatic nitrogens is 2. The van der Waals surface area contributed by atoms with Gasteiger partial charge in [0.15, 0.2) is 0 Å². The summed E-state index contributed by atoms with van der Waals surface area (Å²) in [5.74, 6) is -1.89. The number of nitrogens with zero attached hydrogens (tertiary/aromatic N) is 2. The van der Waals surface area contributed by atoms with Crippen molar-refractivity contribution < 1.29 is 25.4 Å². The fraction of sp³-hybridized carbons (Fsp3) is 0. The van der Waals surface area contributed by atoms with Gasteiger partial charge in [0.05, 0.1) is 9.79 Å². The van der Waals surface area contributed by atoms with Crippen LogP contribution in [-0.4, -0.2) is 29.9 Å². The summed E-state index contributed by atoms with van der Waals surface area (Å²) in [4.78, 5) is 5.02. The summed E-state index contributed by atoms with van der Waals surface area (Å²) < 4.78 is 1.13. The predicted molar refractivity (Wildman–Crippen MR) is 62.0 cm³/mol. The highest BCUT2D eigenvalue weighted by molar-refractivity contribution is 7.80. The van der Waals surface area contributed by atoms with Crippen molar-refractivity contribution in [2.24, 2.45) is 0 Å². The molecule has 17 heavy (non-hydrogen) atoms. The third-order valence-electron chi connectivity index (χ3n) is 1.95. The van der Waals surface area contributed by atoms with Crippen molar-refractivity contribution in [2.45, 2.75) is 9.79 Å². The van der Waals surface area contributed by atoms with Crippen LogP contribution in [0.2, 0.25) is 0 Å². The Morgan fingerprint density at radius 3 is 1.41 bits per heavy atom. The van der Waals surface area contributed by atoms with Crippen molar-refractivity contribution in [3.63, 3.8) is 0 Å². The lowest BCUT2D eigenvalue weighted by atomic mass is 10.6. The number of hydrogen-bond acceptors (Lipinski definition) is 7. The van der Waals surface area contributed by atoms with E-state index in [-0.39, 0.29) is 9.79 Å². The number of thiol groups is 2. The third-order valence-corrected chi connectivity index (χ3v) is 2.61. The minimum absolute atomic E-state index is 0.0692. The van der Waals surface area contributed by atoms with Crippen LogP contribution in [0.15, 0.2) is 21.9 Å². The Kier molecular flexibility index (Phi) is 2.71. The summed E-state index contributed by atoms with van der Waals surface area (Å²) in [5, 5.41) is 37.7. The molecule has 0 bridgehead atoms. The smallest absolute Gasteiger partial charge is 0.246 e. The minimum Gasteiger partial charge on any atom is -0.492 e. The van der Waals surface area contributed by atoms with E-state index in [0.29, 0.717) is 9.46 Å². The maximum absolute atomic E-state index is 9.47. The minimum atomic E-state index is -0.487. The fourth-order valence-electron chi connectivity index (χ4n) is 1.16. The Hall–Kier alpha value is -1.74. The van der Waals surface area contributed by atoms with Gasteiger partial charge in [-0.05, 0) is 0 Å². The van der Waals surface area contributed by atoms with Gasteiger partial charge in [-0.25, -0.2) is 0 Å². The summed E-state index contributed by atoms with van der Waals surface area (Å²) in [6, 6.07) is 2.25. The average Bonchev–Trinajstić information content (AvgIpc) is 2.62. The average molecular weight is 276 g/mol. The van der Waals surface area contributed by atoms with E-state index in [2.05, 4.69) is 25.3 Å². The monoisotopic (exact) mass is 276 g/mol. The van der Waals surface area contributed by atoms with Crippen molar-refractivity contribution >= 4 is 25.3 Å². The number of aromatic hydroxyl groups is 4. The van der Waals surface area contributed by atoms with Gasteiger partial charge >= 0.3 is 0 Å². The van der Waals surface area contributed by atoms with Crippen LogP contribution in [0.3, 0.4) is 0 Å². The molecule has 0 fully saturated rings. The van der Waals surface area contributed by atoms with Gasteiger partial charge in [-0.1, -0.05) is 9.46 Å². The van der Waals surface area contributed by atoms with E-state index in [1.54, 1.807) is 0 Å². The highest BCUT2D eigenvalue weighted by Gasteiger charge is 2.18. The first-order valence-electron chi connectivity index (χ1n) is 4.26. The van der Waals surface area contributed by atoms with E-state index in [1.165, 1.54) is 0 Å². The van der Waals surface area contributed by atoms with Gasteiger partial charge < -0.3 is 20.4 Å². The van der Waals surface area contributed by atoms with Crippen LogP contribution in [0, 0.1) is 0 Å². The second-order valence-electron chi connectivity index (χ2n) is 3.09. The van der Waals surface area contributed by atoms with Crippen LogP contribution in [0.25, 0.3) is 0 Å². The molecule has 2 rings (SSSR count). The van der Waals surface area contributed by atoms with E-state index >= 15 is 0 Å². The van der Waals surface area contributed by atoms with Gasteiger partial charge in [0.25, 0.3) is 0 Å². The van der Waals surface area contributed by atoms with E-state index in [0.717, 1.165) is 12.1 Å². The van der Waals surface area contributed by atoms with Crippen LogP contribution < -0.4 is 4.94 Å². The Labute approximate surface area is 106 Å². The van der Waals surface area contributed by atoms with Crippen LogP contribution in [0.4, 0.5) is 0 Å². The molecule has 0 aromatic carbocycles. The van der Waals surface area contributed by atoms with Gasteiger partial charge in [0.2, 0.25) is 23.5 Å². The fourth-order valence-corrected chi connectivity index (χ4v) is 1.57. The molecular formula is C8H8N2O5S2. The molecule has 0 atom stereocenters. The maximum atomic E-state index is 9.47. The lowest BCUT2D eigenvalue weighted by Crippen LogP contribution is -2.16. The first-order valence-corrected chi connectivity index (χ1v) is 5.15. The van der Waals surface area contributed by atoms with E-state index in [1.807, 2.05) is 0 Å². The van der Waals surface area contributed by atoms with Crippen molar-refractivity contribution in [3.8, 4) is 23.5 Å². The molecule has 92 valence electrons. The summed E-state index contributed by atoms with van der Waals surface area (Å²) in [5.41, 5.74) is 0. The summed E-state index contributed by atoms with van der Waals surface area (Å²) in [6.07, 6.45) is 0. The number of rotatable bonds is 2. The van der Waals surface area contributed by atoms with Crippen LogP contribution >= 0.6 is 25.3 Å². The largest absolute Gasteiger partial charge is 0.492 e. The zero-order valence-corrected chi connectivity index (χ0v) is 9.93. The Balaban J connectivity index is 2.44. The van der Waals surface area contributed by atoms with Gasteiger partial charge in [-0.3, -0.25) is 4.94 Å². The lowest BCUT2D eigenvalue weighted by Gasteiger charge is -2.09. The molecular weight excluding hydrogens is 268 g/mol. The number of hydrogen-bond donors (Lipinski definition) is 6. The summed E-state index contributed by atoms with van der Waals surface area (Å²) >= 11 is 7.70. The molecule has 2 heterocycles. The van der Waals surface area contributed by atoms with E-state index in [4.69, 9.17) is 4.94 Å². The van der Waals surface area contributed by atoms with Gasteiger partial charge in [-0.15, -0.1) is 25.3 Å². The van der Waals surface area contributed by atoms with Crippen LogP contribution in [0.5, 0.6) is 23.5 Å². The Bertz CT molecular complexity index is 527. The van der Waals surface area contributed by atoms with Crippen LogP contribution in [0.1, 0.15) is 0 Å². The molecule has 0 unspecified atom stereocenters. The third kappa shape index (κ3) is 1.83. The SMILES string of the molecule is Oc1cc(S)c(O)n1On1c(O)cc(S)c1O. The summed E-state index contributed by atoms with van der Waals surface area (Å²) in [6.45, 7) is 0. The first kappa shape index (κ1) is 11.7. The molecule has 0 aliphatic rings. The van der Waals surface area contributed by atoms with E-state index < -0.39 is 23.5 Å². The molecule has 0 aliphatic heterocycles. The molecule has 9 heteroatoms. The molecule has 0 radical (unpaired) electrons. The molecule has 0 aliphatic carbocycles. The highest BCUT2D eigenvalue weighted by atomic mass is 32.1. The Morgan fingerprint density at radius 1 is 0.824 bits per heavy atom. The topological polar surface area (TPSA) is 100 Å². The molecule has 2 aromatic rings. The van der Waals surface area contributed by atoms with Crippen molar-refractivity contribution in [3.05, 3.63) is 12.1 Å². The molecule has 0 saturated carbocycles.